The summed E-state index contributed by atoms with van der Waals surface area (Å²) in [5.41, 5.74) is 0.919. The number of benzene rings is 1. The van der Waals surface area contributed by atoms with Crippen LogP contribution in [-0.2, 0) is 4.79 Å². The van der Waals surface area contributed by atoms with Gasteiger partial charge in [-0.05, 0) is 37.1 Å². The van der Waals surface area contributed by atoms with Crippen LogP contribution in [0.1, 0.15) is 20.8 Å². The number of rotatable bonds is 7. The van der Waals surface area contributed by atoms with E-state index in [9.17, 15) is 4.79 Å². The number of nitrogens with zero attached hydrogens (tertiary/aromatic N) is 2. The second-order valence-corrected chi connectivity index (χ2v) is 6.53. The molecule has 1 heterocycles. The summed E-state index contributed by atoms with van der Waals surface area (Å²) in [7, 11) is 1.63. The van der Waals surface area contributed by atoms with Crippen LogP contribution in [0.2, 0.25) is 0 Å². The van der Waals surface area contributed by atoms with Crippen molar-refractivity contribution in [2.24, 2.45) is 5.92 Å². The molecule has 23 heavy (non-hydrogen) atoms. The second kappa shape index (κ2) is 8.01. The molecule has 1 unspecified atom stereocenters. The maximum atomic E-state index is 11.9. The number of H-pyrrole nitrogens is 1. The van der Waals surface area contributed by atoms with Gasteiger partial charge < -0.3 is 10.1 Å². The number of carbonyl (C=O) groups excluding carboxylic acids is 1. The number of aromatic amines is 1. The van der Waals surface area contributed by atoms with Gasteiger partial charge in [-0.25, -0.2) is 4.98 Å². The summed E-state index contributed by atoms with van der Waals surface area (Å²) in [6.07, 6.45) is 0. The summed E-state index contributed by atoms with van der Waals surface area (Å²) in [6.45, 7) is 6.16. The average molecular weight is 334 g/mol. The Hall–Kier alpha value is -2.02. The normalized spacial score (nSPS) is 12.2. The first kappa shape index (κ1) is 17.3. The Labute approximate surface area is 140 Å². The van der Waals surface area contributed by atoms with E-state index >= 15 is 0 Å². The predicted molar refractivity (Wildman–Crippen MR) is 91.5 cm³/mol. The molecular weight excluding hydrogens is 312 g/mol. The summed E-state index contributed by atoms with van der Waals surface area (Å²) >= 11 is 1.32. The van der Waals surface area contributed by atoms with E-state index in [2.05, 4.69) is 34.3 Å². The van der Waals surface area contributed by atoms with Crippen LogP contribution in [0.25, 0.3) is 11.4 Å². The number of aromatic nitrogens is 3. The van der Waals surface area contributed by atoms with Crippen molar-refractivity contribution in [2.45, 2.75) is 32.0 Å². The molecule has 7 heteroatoms. The predicted octanol–water partition coefficient (Wildman–Crippen LogP) is 2.73. The first-order valence-corrected chi connectivity index (χ1v) is 8.47. The third-order valence-corrected chi connectivity index (χ3v) is 4.40. The SMILES string of the molecule is COc1ccc(-c2nc(SCC(=O)NC(C)C(C)C)n[nH]2)cc1. The van der Waals surface area contributed by atoms with Crippen LogP contribution in [0.5, 0.6) is 5.75 Å². The third kappa shape index (κ3) is 4.99. The topological polar surface area (TPSA) is 79.9 Å². The largest absolute Gasteiger partial charge is 0.497 e. The molecule has 1 amide bonds. The molecule has 0 aliphatic rings. The minimum atomic E-state index is -0.00741. The highest BCUT2D eigenvalue weighted by Crippen LogP contribution is 2.21. The third-order valence-electron chi connectivity index (χ3n) is 3.55. The molecule has 1 aromatic heterocycles. The van der Waals surface area contributed by atoms with Gasteiger partial charge in [-0.2, -0.15) is 0 Å². The van der Waals surface area contributed by atoms with Gasteiger partial charge in [0.05, 0.1) is 12.9 Å². The minimum absolute atomic E-state index is 0.00741. The lowest BCUT2D eigenvalue weighted by atomic mass is 10.1. The van der Waals surface area contributed by atoms with Gasteiger partial charge in [0.2, 0.25) is 11.1 Å². The molecule has 0 fully saturated rings. The Kier molecular flexibility index (Phi) is 6.04. The number of carbonyl (C=O) groups is 1. The highest BCUT2D eigenvalue weighted by molar-refractivity contribution is 7.99. The first-order chi connectivity index (χ1) is 11.0. The zero-order valence-electron chi connectivity index (χ0n) is 13.8. The van der Waals surface area contributed by atoms with Gasteiger partial charge >= 0.3 is 0 Å². The Morgan fingerprint density at radius 1 is 1.30 bits per heavy atom. The minimum Gasteiger partial charge on any atom is -0.497 e. The molecule has 124 valence electrons. The van der Waals surface area contributed by atoms with Crippen LogP contribution in [0.3, 0.4) is 0 Å². The number of hydrogen-bond acceptors (Lipinski definition) is 5. The van der Waals surface area contributed by atoms with Gasteiger partial charge in [0.15, 0.2) is 5.82 Å². The number of nitrogens with one attached hydrogen (secondary N) is 2. The fourth-order valence-corrected chi connectivity index (χ4v) is 2.39. The van der Waals surface area contributed by atoms with E-state index in [1.54, 1.807) is 7.11 Å². The van der Waals surface area contributed by atoms with E-state index in [-0.39, 0.29) is 11.9 Å². The van der Waals surface area contributed by atoms with Crippen molar-refractivity contribution in [3.05, 3.63) is 24.3 Å². The summed E-state index contributed by atoms with van der Waals surface area (Å²) in [6, 6.07) is 7.71. The average Bonchev–Trinajstić information content (AvgIpc) is 3.02. The van der Waals surface area contributed by atoms with Gasteiger partial charge in [-0.3, -0.25) is 9.89 Å². The molecule has 2 aromatic rings. The maximum absolute atomic E-state index is 11.9. The molecule has 0 aliphatic heterocycles. The van der Waals surface area contributed by atoms with Crippen molar-refractivity contribution >= 4 is 17.7 Å². The zero-order valence-corrected chi connectivity index (χ0v) is 14.6. The molecule has 0 saturated carbocycles. The van der Waals surface area contributed by atoms with Crippen molar-refractivity contribution in [1.82, 2.24) is 20.5 Å². The van der Waals surface area contributed by atoms with Crippen LogP contribution in [-0.4, -0.2) is 40.0 Å². The molecule has 1 aromatic carbocycles. The van der Waals surface area contributed by atoms with Crippen LogP contribution in [0.4, 0.5) is 0 Å². The fraction of sp³-hybridized carbons (Fsp3) is 0.438. The van der Waals surface area contributed by atoms with E-state index in [0.717, 1.165) is 11.3 Å². The van der Waals surface area contributed by atoms with Crippen molar-refractivity contribution in [2.75, 3.05) is 12.9 Å². The number of hydrogen-bond donors (Lipinski definition) is 2. The molecule has 0 saturated heterocycles. The van der Waals surface area contributed by atoms with Gasteiger partial charge in [-0.15, -0.1) is 5.10 Å². The fourth-order valence-electron chi connectivity index (χ4n) is 1.78. The van der Waals surface area contributed by atoms with Gasteiger partial charge in [0.25, 0.3) is 0 Å². The lowest BCUT2D eigenvalue weighted by Crippen LogP contribution is -2.37. The first-order valence-electron chi connectivity index (χ1n) is 7.48. The highest BCUT2D eigenvalue weighted by Gasteiger charge is 2.13. The Bertz CT molecular complexity index is 640. The smallest absolute Gasteiger partial charge is 0.230 e. The standard InChI is InChI=1S/C16H22N4O2S/c1-10(2)11(3)17-14(21)9-23-16-18-15(19-20-16)12-5-7-13(22-4)8-6-12/h5-8,10-11H,9H2,1-4H3,(H,17,21)(H,18,19,20). The number of methoxy groups -OCH3 is 1. The van der Waals surface area contributed by atoms with Crippen LogP contribution < -0.4 is 10.1 Å². The molecule has 0 aliphatic carbocycles. The molecule has 6 nitrogen and oxygen atoms in total. The summed E-state index contributed by atoms with van der Waals surface area (Å²) in [4.78, 5) is 16.3. The Morgan fingerprint density at radius 2 is 2.00 bits per heavy atom. The van der Waals surface area contributed by atoms with E-state index in [1.807, 2.05) is 31.2 Å². The van der Waals surface area contributed by atoms with Crippen LogP contribution >= 0.6 is 11.8 Å². The monoisotopic (exact) mass is 334 g/mol. The van der Waals surface area contributed by atoms with E-state index < -0.39 is 0 Å². The highest BCUT2D eigenvalue weighted by atomic mass is 32.2. The molecular formula is C16H22N4O2S. The second-order valence-electron chi connectivity index (χ2n) is 5.58. The van der Waals surface area contributed by atoms with Crippen LogP contribution in [0.15, 0.2) is 29.4 Å². The van der Waals surface area contributed by atoms with E-state index in [1.165, 1.54) is 11.8 Å². The van der Waals surface area contributed by atoms with Gasteiger partial charge in [0.1, 0.15) is 5.75 Å². The van der Waals surface area contributed by atoms with Gasteiger partial charge in [0, 0.05) is 11.6 Å². The molecule has 0 radical (unpaired) electrons. The number of ether oxygens (including phenoxy) is 1. The van der Waals surface area contributed by atoms with Gasteiger partial charge in [-0.1, -0.05) is 25.6 Å². The van der Waals surface area contributed by atoms with Crippen molar-refractivity contribution in [3.63, 3.8) is 0 Å². The van der Waals surface area contributed by atoms with E-state index in [4.69, 9.17) is 4.74 Å². The molecule has 0 spiro atoms. The molecule has 2 rings (SSSR count). The van der Waals surface area contributed by atoms with E-state index in [0.29, 0.717) is 22.7 Å². The number of amides is 1. The zero-order chi connectivity index (χ0) is 16.8. The van der Waals surface area contributed by atoms with Crippen molar-refractivity contribution in [1.29, 1.82) is 0 Å². The summed E-state index contributed by atoms with van der Waals surface area (Å²) in [5, 5.41) is 10.5. The summed E-state index contributed by atoms with van der Waals surface area (Å²) < 4.78 is 5.13. The summed E-state index contributed by atoms with van der Waals surface area (Å²) in [5.74, 6) is 2.17. The Balaban J connectivity index is 1.90. The molecule has 2 N–H and O–H groups in total. The lowest BCUT2D eigenvalue weighted by molar-refractivity contribution is -0.119. The van der Waals surface area contributed by atoms with Crippen molar-refractivity contribution in [3.8, 4) is 17.1 Å². The molecule has 0 bridgehead atoms. The lowest BCUT2D eigenvalue weighted by Gasteiger charge is -2.16. The number of thioether (sulfide) groups is 1. The quantitative estimate of drug-likeness (QED) is 0.761. The maximum Gasteiger partial charge on any atom is 0.230 e. The van der Waals surface area contributed by atoms with Crippen molar-refractivity contribution < 1.29 is 9.53 Å². The Morgan fingerprint density at radius 3 is 2.61 bits per heavy atom. The van der Waals surface area contributed by atoms with Crippen LogP contribution in [0, 0.1) is 5.92 Å². The molecule has 1 atom stereocenters.